The van der Waals surface area contributed by atoms with E-state index in [9.17, 15) is 0 Å². The van der Waals surface area contributed by atoms with Crippen LogP contribution in [-0.2, 0) is 9.47 Å². The lowest BCUT2D eigenvalue weighted by Gasteiger charge is -2.26. The van der Waals surface area contributed by atoms with Gasteiger partial charge in [0.1, 0.15) is 0 Å². The lowest BCUT2D eigenvalue weighted by molar-refractivity contribution is 0.389. The Morgan fingerprint density at radius 3 is 1.75 bits per heavy atom. The van der Waals surface area contributed by atoms with Crippen LogP contribution < -0.4 is 16.6 Å². The summed E-state index contributed by atoms with van der Waals surface area (Å²) >= 11 is 10.8. The minimum Gasteiger partial charge on any atom is -0.371 e. The molecular formula is C12H16Br3N3O2. The summed E-state index contributed by atoms with van der Waals surface area (Å²) in [6.45, 7) is 3.57. The number of anilines is 1. The summed E-state index contributed by atoms with van der Waals surface area (Å²) in [6, 6.07) is 4.13. The van der Waals surface area contributed by atoms with Crippen LogP contribution in [0.5, 0.6) is 0 Å². The average Bonchev–Trinajstić information content (AvgIpc) is 3.26. The highest BCUT2D eigenvalue weighted by Gasteiger charge is 2.32. The van der Waals surface area contributed by atoms with Gasteiger partial charge in [0, 0.05) is 26.5 Å². The Kier molecular flexibility index (Phi) is 6.27. The minimum atomic E-state index is 0.367. The number of hydrazine groups is 1. The monoisotopic (exact) mass is 471 g/mol. The summed E-state index contributed by atoms with van der Waals surface area (Å²) in [7, 11) is 0. The summed E-state index contributed by atoms with van der Waals surface area (Å²) in [5, 5.41) is 0. The summed E-state index contributed by atoms with van der Waals surface area (Å²) in [5.41, 5.74) is 1.17. The zero-order valence-corrected chi connectivity index (χ0v) is 15.4. The van der Waals surface area contributed by atoms with Crippen molar-refractivity contribution in [2.24, 2.45) is 11.7 Å². The van der Waals surface area contributed by atoms with Gasteiger partial charge in [-0.3, -0.25) is 11.7 Å². The third-order valence-corrected chi connectivity index (χ3v) is 4.62. The number of ether oxygens (including phenoxy) is 2. The van der Waals surface area contributed by atoms with Crippen molar-refractivity contribution in [2.75, 3.05) is 31.2 Å². The van der Waals surface area contributed by atoms with Crippen molar-refractivity contribution in [1.82, 2.24) is 0 Å². The number of benzene rings is 1. The maximum absolute atomic E-state index is 5.34. The Hall–Kier alpha value is 0.300. The van der Waals surface area contributed by atoms with Crippen molar-refractivity contribution in [3.8, 4) is 0 Å². The highest BCUT2D eigenvalue weighted by Crippen LogP contribution is 2.38. The number of epoxide rings is 2. The number of nitrogens with two attached hydrogens (primary N) is 2. The molecule has 3 rings (SSSR count). The third-order valence-electron chi connectivity index (χ3n) is 2.95. The molecule has 20 heavy (non-hydrogen) atoms. The van der Waals surface area contributed by atoms with E-state index in [1.807, 2.05) is 0 Å². The standard InChI is InChI=1S/C12H12Br3NO2.H4N2/c13-7-1-10(14)12(11(15)2-7)16(3-8-5-17-8)4-9-6-18-9;1-2/h1-2,8-9H,3-6H2;1-2H2. The predicted octanol–water partition coefficient (Wildman–Crippen LogP) is 2.40. The van der Waals surface area contributed by atoms with Crippen molar-refractivity contribution < 1.29 is 9.47 Å². The van der Waals surface area contributed by atoms with E-state index in [1.54, 1.807) is 0 Å². The Bertz CT molecular complexity index is 430. The van der Waals surface area contributed by atoms with Crippen LogP contribution in [0, 0.1) is 0 Å². The minimum absolute atomic E-state index is 0.367. The van der Waals surface area contributed by atoms with Gasteiger partial charge in [-0.1, -0.05) is 15.9 Å². The predicted molar refractivity (Wildman–Crippen MR) is 89.6 cm³/mol. The molecule has 0 saturated carbocycles. The van der Waals surface area contributed by atoms with Gasteiger partial charge in [0.25, 0.3) is 0 Å². The zero-order chi connectivity index (χ0) is 14.7. The van der Waals surface area contributed by atoms with Crippen LogP contribution in [0.15, 0.2) is 25.6 Å². The third kappa shape index (κ3) is 4.66. The zero-order valence-electron chi connectivity index (χ0n) is 10.7. The first-order chi connectivity index (χ1) is 9.63. The van der Waals surface area contributed by atoms with Crippen LogP contribution in [0.1, 0.15) is 0 Å². The molecule has 0 aromatic heterocycles. The van der Waals surface area contributed by atoms with Crippen LogP contribution in [-0.4, -0.2) is 38.5 Å². The molecule has 2 fully saturated rings. The first kappa shape index (κ1) is 16.7. The van der Waals surface area contributed by atoms with Crippen molar-refractivity contribution in [3.63, 3.8) is 0 Å². The fraction of sp³-hybridized carbons (Fsp3) is 0.500. The maximum atomic E-state index is 5.34. The normalized spacial score (nSPS) is 22.9. The largest absolute Gasteiger partial charge is 0.371 e. The highest BCUT2D eigenvalue weighted by molar-refractivity contribution is 9.11. The Morgan fingerprint density at radius 2 is 1.40 bits per heavy atom. The second-order valence-electron chi connectivity index (χ2n) is 4.53. The molecule has 1 aromatic carbocycles. The van der Waals surface area contributed by atoms with Gasteiger partial charge in [-0.05, 0) is 44.0 Å². The van der Waals surface area contributed by atoms with Crippen LogP contribution in [0.3, 0.4) is 0 Å². The smallest absolute Gasteiger partial charge is 0.0984 e. The number of nitrogens with zero attached hydrogens (tertiary/aromatic N) is 1. The van der Waals surface area contributed by atoms with Gasteiger partial charge in [-0.2, -0.15) is 0 Å². The van der Waals surface area contributed by atoms with E-state index in [4.69, 9.17) is 9.47 Å². The first-order valence-corrected chi connectivity index (χ1v) is 8.47. The van der Waals surface area contributed by atoms with Crippen LogP contribution >= 0.6 is 47.8 Å². The molecule has 0 aliphatic carbocycles. The van der Waals surface area contributed by atoms with Gasteiger partial charge in [0.15, 0.2) is 0 Å². The number of hydrogen-bond donors (Lipinski definition) is 2. The number of rotatable bonds is 5. The average molecular weight is 474 g/mol. The molecule has 2 saturated heterocycles. The van der Waals surface area contributed by atoms with Gasteiger partial charge >= 0.3 is 0 Å². The fourth-order valence-corrected chi connectivity index (χ4v) is 4.69. The molecule has 2 unspecified atom stereocenters. The molecular weight excluding hydrogens is 458 g/mol. The molecule has 4 N–H and O–H groups in total. The highest BCUT2D eigenvalue weighted by atomic mass is 79.9. The molecule has 2 heterocycles. The fourth-order valence-electron chi connectivity index (χ4n) is 1.93. The van der Waals surface area contributed by atoms with E-state index in [0.717, 1.165) is 39.7 Å². The molecule has 112 valence electrons. The van der Waals surface area contributed by atoms with E-state index >= 15 is 0 Å². The molecule has 1 aromatic rings. The SMILES string of the molecule is Brc1cc(Br)c(N(CC2CO2)CC2CO2)c(Br)c1.NN. The van der Waals surface area contributed by atoms with Gasteiger partial charge in [0.2, 0.25) is 0 Å². The maximum Gasteiger partial charge on any atom is 0.0984 e. The van der Waals surface area contributed by atoms with Gasteiger partial charge in [0.05, 0.1) is 31.1 Å². The lowest BCUT2D eigenvalue weighted by Crippen LogP contribution is -2.32. The number of hydrogen-bond acceptors (Lipinski definition) is 5. The second kappa shape index (κ2) is 7.53. The van der Waals surface area contributed by atoms with Crippen LogP contribution in [0.4, 0.5) is 5.69 Å². The van der Waals surface area contributed by atoms with E-state index in [1.165, 1.54) is 5.69 Å². The van der Waals surface area contributed by atoms with Crippen LogP contribution in [0.25, 0.3) is 0 Å². The Labute approximate surface area is 143 Å². The summed E-state index contributed by atoms with van der Waals surface area (Å²) in [5.74, 6) is 8.00. The van der Waals surface area contributed by atoms with Gasteiger partial charge < -0.3 is 14.4 Å². The van der Waals surface area contributed by atoms with E-state index in [0.29, 0.717) is 12.2 Å². The number of halogens is 3. The molecule has 5 nitrogen and oxygen atoms in total. The summed E-state index contributed by atoms with van der Waals surface area (Å²) in [4.78, 5) is 2.33. The molecule has 2 aliphatic rings. The van der Waals surface area contributed by atoms with E-state index < -0.39 is 0 Å². The summed E-state index contributed by atoms with van der Waals surface area (Å²) in [6.07, 6.45) is 0.734. The summed E-state index contributed by atoms with van der Waals surface area (Å²) < 4.78 is 13.9. The Balaban J connectivity index is 0.000000704. The lowest BCUT2D eigenvalue weighted by atomic mass is 10.2. The topological polar surface area (TPSA) is 80.3 Å². The van der Waals surface area contributed by atoms with Gasteiger partial charge in [-0.15, -0.1) is 0 Å². The van der Waals surface area contributed by atoms with E-state index in [-0.39, 0.29) is 0 Å². The Morgan fingerprint density at radius 1 is 1.00 bits per heavy atom. The molecule has 0 radical (unpaired) electrons. The molecule has 2 atom stereocenters. The van der Waals surface area contributed by atoms with Crippen LogP contribution in [0.2, 0.25) is 0 Å². The second-order valence-corrected chi connectivity index (χ2v) is 7.16. The molecule has 0 bridgehead atoms. The van der Waals surface area contributed by atoms with E-state index in [2.05, 4.69) is 76.5 Å². The first-order valence-electron chi connectivity index (χ1n) is 6.09. The molecule has 8 heteroatoms. The van der Waals surface area contributed by atoms with Crippen molar-refractivity contribution >= 4 is 53.5 Å². The molecule has 0 spiro atoms. The molecule has 2 aliphatic heterocycles. The van der Waals surface area contributed by atoms with Crippen molar-refractivity contribution in [2.45, 2.75) is 12.2 Å². The van der Waals surface area contributed by atoms with Gasteiger partial charge in [-0.25, -0.2) is 0 Å². The van der Waals surface area contributed by atoms with Crippen molar-refractivity contribution in [3.05, 3.63) is 25.6 Å². The molecule has 0 amide bonds. The quantitative estimate of drug-likeness (QED) is 0.390. The van der Waals surface area contributed by atoms with Crippen molar-refractivity contribution in [1.29, 1.82) is 0 Å².